The van der Waals surface area contributed by atoms with E-state index < -0.39 is 34.4 Å². The summed E-state index contributed by atoms with van der Waals surface area (Å²) >= 11 is 0. The van der Waals surface area contributed by atoms with Crippen molar-refractivity contribution in [3.63, 3.8) is 0 Å². The van der Waals surface area contributed by atoms with Crippen LogP contribution in [-0.4, -0.2) is 41.6 Å². The molecule has 8 heteroatoms. The molecule has 0 saturated heterocycles. The number of rotatable bonds is 18. The highest BCUT2D eigenvalue weighted by molar-refractivity contribution is 5.74. The van der Waals surface area contributed by atoms with E-state index >= 15 is 0 Å². The highest BCUT2D eigenvalue weighted by Gasteiger charge is 2.42. The van der Waals surface area contributed by atoms with E-state index in [0.29, 0.717) is 37.0 Å². The lowest BCUT2D eigenvalue weighted by molar-refractivity contribution is -0.384. The van der Waals surface area contributed by atoms with Crippen LogP contribution < -0.4 is 4.74 Å². The molecular formula is C39H45NO7. The van der Waals surface area contributed by atoms with Crippen molar-refractivity contribution in [1.29, 1.82) is 0 Å². The van der Waals surface area contributed by atoms with Gasteiger partial charge in [0.25, 0.3) is 5.69 Å². The molecule has 4 atom stereocenters. The van der Waals surface area contributed by atoms with E-state index in [0.717, 1.165) is 23.1 Å². The molecule has 0 saturated carbocycles. The van der Waals surface area contributed by atoms with E-state index in [1.807, 2.05) is 67.6 Å². The van der Waals surface area contributed by atoms with Crippen molar-refractivity contribution < 1.29 is 29.0 Å². The van der Waals surface area contributed by atoms with Gasteiger partial charge in [0, 0.05) is 18.6 Å². The number of methoxy groups -OCH3 is 1. The van der Waals surface area contributed by atoms with Gasteiger partial charge in [0.2, 0.25) is 0 Å². The molecule has 1 N–H and O–H groups in total. The number of aliphatic hydroxyl groups is 1. The van der Waals surface area contributed by atoms with Gasteiger partial charge in [0.15, 0.2) is 6.79 Å². The van der Waals surface area contributed by atoms with E-state index in [4.69, 9.17) is 14.2 Å². The van der Waals surface area contributed by atoms with E-state index in [-0.39, 0.29) is 18.9 Å². The number of hydrogen-bond acceptors (Lipinski definition) is 7. The van der Waals surface area contributed by atoms with Crippen molar-refractivity contribution in [3.05, 3.63) is 130 Å². The van der Waals surface area contributed by atoms with Crippen LogP contribution in [0.5, 0.6) is 5.75 Å². The van der Waals surface area contributed by atoms with Gasteiger partial charge in [-0.15, -0.1) is 0 Å². The number of nitro groups is 1. The van der Waals surface area contributed by atoms with Gasteiger partial charge in [-0.2, -0.15) is 0 Å². The molecule has 4 aromatic carbocycles. The molecule has 0 aliphatic carbocycles. The maximum Gasteiger partial charge on any atom is 0.311 e. The molecule has 0 aromatic heterocycles. The first-order valence-electron chi connectivity index (χ1n) is 16.3. The van der Waals surface area contributed by atoms with Crippen molar-refractivity contribution in [2.45, 2.75) is 70.0 Å². The van der Waals surface area contributed by atoms with Crippen LogP contribution in [0.15, 0.2) is 109 Å². The van der Waals surface area contributed by atoms with Gasteiger partial charge in [-0.3, -0.25) is 14.9 Å². The lowest BCUT2D eigenvalue weighted by Crippen LogP contribution is -2.44. The number of ether oxygens (including phenoxy) is 3. The predicted molar refractivity (Wildman–Crippen MR) is 183 cm³/mol. The first-order chi connectivity index (χ1) is 22.8. The predicted octanol–water partition coefficient (Wildman–Crippen LogP) is 8.52. The molecule has 47 heavy (non-hydrogen) atoms. The van der Waals surface area contributed by atoms with Crippen LogP contribution in [0.2, 0.25) is 0 Å². The summed E-state index contributed by atoms with van der Waals surface area (Å²) < 4.78 is 17.9. The number of nitrogens with zero attached hydrogens (tertiary/aromatic N) is 1. The zero-order chi connectivity index (χ0) is 33.6. The summed E-state index contributed by atoms with van der Waals surface area (Å²) in [5.74, 6) is -1.39. The maximum absolute atomic E-state index is 13.3. The van der Waals surface area contributed by atoms with E-state index in [1.54, 1.807) is 12.1 Å². The summed E-state index contributed by atoms with van der Waals surface area (Å²) in [5.41, 5.74) is 3.03. The monoisotopic (exact) mass is 639 g/mol. The first kappa shape index (κ1) is 35.3. The number of carbonyl (C=O) groups excluding carboxylic acids is 1. The fourth-order valence-corrected chi connectivity index (χ4v) is 6.40. The molecule has 0 spiro atoms. The summed E-state index contributed by atoms with van der Waals surface area (Å²) in [4.78, 5) is 24.4. The van der Waals surface area contributed by atoms with Gasteiger partial charge < -0.3 is 19.3 Å². The first-order valence-corrected chi connectivity index (χ1v) is 16.3. The minimum absolute atomic E-state index is 0.0445. The Labute approximate surface area is 277 Å². The van der Waals surface area contributed by atoms with Gasteiger partial charge in [-0.05, 0) is 66.0 Å². The third kappa shape index (κ3) is 9.73. The van der Waals surface area contributed by atoms with E-state index in [9.17, 15) is 20.0 Å². The van der Waals surface area contributed by atoms with E-state index in [2.05, 4.69) is 31.2 Å². The van der Waals surface area contributed by atoms with Crippen molar-refractivity contribution >= 4 is 11.7 Å². The molecule has 0 bridgehead atoms. The smallest absolute Gasteiger partial charge is 0.311 e. The largest absolute Gasteiger partial charge is 0.469 e. The number of benzene rings is 4. The number of hydrogen-bond donors (Lipinski definition) is 1. The van der Waals surface area contributed by atoms with Crippen LogP contribution in [0.4, 0.5) is 5.69 Å². The lowest BCUT2D eigenvalue weighted by Gasteiger charge is -2.38. The Bertz CT molecular complexity index is 1540. The molecule has 248 valence electrons. The quantitative estimate of drug-likeness (QED) is 0.0503. The Morgan fingerprint density at radius 3 is 2.15 bits per heavy atom. The Morgan fingerprint density at radius 2 is 1.53 bits per heavy atom. The maximum atomic E-state index is 13.3. The summed E-state index contributed by atoms with van der Waals surface area (Å²) in [6, 6.07) is 34.2. The zero-order valence-electron chi connectivity index (χ0n) is 27.4. The van der Waals surface area contributed by atoms with Crippen LogP contribution >= 0.6 is 0 Å². The minimum atomic E-state index is -1.15. The molecule has 0 amide bonds. The number of carbonyl (C=O) groups is 1. The average Bonchev–Trinajstić information content (AvgIpc) is 3.10. The second kappa shape index (κ2) is 17.4. The highest BCUT2D eigenvalue weighted by atomic mass is 16.7. The molecule has 4 rings (SSSR count). The Morgan fingerprint density at radius 1 is 0.872 bits per heavy atom. The topological polar surface area (TPSA) is 108 Å². The Balaban J connectivity index is 1.59. The lowest BCUT2D eigenvalue weighted by atomic mass is 9.75. The van der Waals surface area contributed by atoms with Crippen LogP contribution in [0, 0.1) is 16.0 Å². The molecule has 0 aliphatic heterocycles. The number of nitro benzene ring substituents is 1. The average molecular weight is 640 g/mol. The van der Waals surface area contributed by atoms with Gasteiger partial charge in [0.05, 0.1) is 29.7 Å². The van der Waals surface area contributed by atoms with Crippen LogP contribution in [-0.2, 0) is 20.7 Å². The zero-order valence-corrected chi connectivity index (χ0v) is 27.4. The molecule has 4 aromatic rings. The Hall–Kier alpha value is -4.53. The number of aliphatic hydroxyl groups excluding tert-OH is 1. The van der Waals surface area contributed by atoms with Gasteiger partial charge >= 0.3 is 5.97 Å². The molecule has 3 unspecified atom stereocenters. The fourth-order valence-electron chi connectivity index (χ4n) is 6.40. The summed E-state index contributed by atoms with van der Waals surface area (Å²) in [5, 5.41) is 23.4. The standard InChI is InChI=1S/C39H45NO7/c1-4-24-39(25-23-29-13-8-6-9-14-29,47-28-46-34-21-19-31(20-22-34)30-15-10-7-11-16-30)27-36(41)37(38(42)45-3)35(5-2)32-17-12-18-33(26-32)40(43)44/h6-22,26,35-37,41H,4-5,23-25,27-28H2,1-3H3/t35?,36?,37?,39-/m1/s1. The summed E-state index contributed by atoms with van der Waals surface area (Å²) in [6.07, 6.45) is 2.14. The van der Waals surface area contributed by atoms with Crippen LogP contribution in [0.3, 0.4) is 0 Å². The molecule has 8 nitrogen and oxygen atoms in total. The molecule has 0 heterocycles. The molecular weight excluding hydrogens is 594 g/mol. The minimum Gasteiger partial charge on any atom is -0.469 e. The number of aryl methyl sites for hydroxylation is 1. The Kier molecular flexibility index (Phi) is 13.1. The van der Waals surface area contributed by atoms with Crippen LogP contribution in [0.25, 0.3) is 11.1 Å². The van der Waals surface area contributed by atoms with Crippen LogP contribution in [0.1, 0.15) is 63.0 Å². The molecule has 0 fully saturated rings. The molecule has 0 radical (unpaired) electrons. The summed E-state index contributed by atoms with van der Waals surface area (Å²) in [6.45, 7) is 3.91. The molecule has 0 aliphatic rings. The van der Waals surface area contributed by atoms with Gasteiger partial charge in [0.1, 0.15) is 5.75 Å². The van der Waals surface area contributed by atoms with Crippen molar-refractivity contribution in [2.75, 3.05) is 13.9 Å². The van der Waals surface area contributed by atoms with Crippen molar-refractivity contribution in [3.8, 4) is 16.9 Å². The second-order valence-corrected chi connectivity index (χ2v) is 11.9. The normalized spacial score (nSPS) is 14.4. The fraction of sp³-hybridized carbons (Fsp3) is 0.359. The van der Waals surface area contributed by atoms with Crippen molar-refractivity contribution in [2.24, 2.45) is 5.92 Å². The second-order valence-electron chi connectivity index (χ2n) is 11.9. The third-order valence-electron chi connectivity index (χ3n) is 8.82. The van der Waals surface area contributed by atoms with Gasteiger partial charge in [-0.1, -0.05) is 105 Å². The highest BCUT2D eigenvalue weighted by Crippen LogP contribution is 2.39. The third-order valence-corrected chi connectivity index (χ3v) is 8.82. The van der Waals surface area contributed by atoms with Crippen molar-refractivity contribution in [1.82, 2.24) is 0 Å². The van der Waals surface area contributed by atoms with E-state index in [1.165, 1.54) is 19.2 Å². The summed E-state index contributed by atoms with van der Waals surface area (Å²) in [7, 11) is 1.30. The van der Waals surface area contributed by atoms with Gasteiger partial charge in [-0.25, -0.2) is 0 Å². The number of esters is 1. The number of non-ortho nitro benzene ring substituents is 1. The SMILES string of the molecule is CCC[C@@](CCc1ccccc1)(CC(O)C(C(=O)OC)C(CC)c1cccc([N+](=O)[O-])c1)OCOc1ccc(-c2ccccc2)cc1.